The summed E-state index contributed by atoms with van der Waals surface area (Å²) in [5, 5.41) is 2.30. The molecule has 10 aromatic rings. The molecule has 0 radical (unpaired) electrons. The molecule has 0 fully saturated rings. The number of hydrogen-bond donors (Lipinski definition) is 0. The molecule has 8 aromatic carbocycles. The van der Waals surface area contributed by atoms with E-state index in [1.54, 1.807) is 0 Å². The van der Waals surface area contributed by atoms with Gasteiger partial charge in [-0.2, -0.15) is 0 Å². The smallest absolute Gasteiger partial charge is 0.137 e. The summed E-state index contributed by atoms with van der Waals surface area (Å²) < 4.78 is 9.25. The lowest BCUT2D eigenvalue weighted by Crippen LogP contribution is -2.25. The first-order valence-corrected chi connectivity index (χ1v) is 27.0. The van der Waals surface area contributed by atoms with E-state index >= 15 is 0 Å². The van der Waals surface area contributed by atoms with Gasteiger partial charge < -0.3 is 14.5 Å². The van der Waals surface area contributed by atoms with Crippen molar-refractivity contribution in [3.8, 4) is 50.7 Å². The molecule has 5 heteroatoms. The zero-order valence-corrected chi connectivity index (χ0v) is 46.8. The van der Waals surface area contributed by atoms with Crippen LogP contribution in [0.4, 0.5) is 22.7 Å². The molecule has 0 bridgehead atoms. The van der Waals surface area contributed by atoms with E-state index < -0.39 is 0 Å². The van der Waals surface area contributed by atoms with Crippen LogP contribution in [-0.4, -0.2) is 16.2 Å². The number of anilines is 4. The van der Waals surface area contributed by atoms with Crippen LogP contribution in [0.2, 0.25) is 0 Å². The van der Waals surface area contributed by atoms with Crippen LogP contribution < -0.4 is 14.5 Å². The van der Waals surface area contributed by atoms with Gasteiger partial charge in [0.15, 0.2) is 0 Å². The molecule has 2 aromatic heterocycles. The molecular formula is C71H72N4O. The van der Waals surface area contributed by atoms with Crippen molar-refractivity contribution < 1.29 is 4.74 Å². The second kappa shape index (κ2) is 18.7. The highest BCUT2D eigenvalue weighted by Crippen LogP contribution is 2.49. The number of ether oxygens (including phenoxy) is 1. The van der Waals surface area contributed by atoms with Crippen LogP contribution in [0.5, 0.6) is 11.5 Å². The van der Waals surface area contributed by atoms with Crippen molar-refractivity contribution >= 4 is 44.6 Å². The van der Waals surface area contributed by atoms with E-state index in [1.807, 2.05) is 6.20 Å². The molecule has 0 aliphatic carbocycles. The second-order valence-corrected chi connectivity index (χ2v) is 25.2. The van der Waals surface area contributed by atoms with E-state index in [2.05, 4.69) is 286 Å². The highest BCUT2D eigenvalue weighted by atomic mass is 16.5. The Morgan fingerprint density at radius 3 is 1.68 bits per heavy atom. The Bertz CT molecular complexity index is 3780. The molecule has 3 heterocycles. The average Bonchev–Trinajstić information content (AvgIpc) is 3.95. The molecule has 0 spiro atoms. The zero-order valence-electron chi connectivity index (χ0n) is 46.8. The molecule has 5 nitrogen and oxygen atoms in total. The van der Waals surface area contributed by atoms with Crippen LogP contribution in [-0.2, 0) is 21.7 Å². The van der Waals surface area contributed by atoms with Gasteiger partial charge in [-0.05, 0) is 151 Å². The van der Waals surface area contributed by atoms with Crippen LogP contribution in [0.15, 0.2) is 188 Å². The largest absolute Gasteiger partial charge is 0.457 e. The van der Waals surface area contributed by atoms with Crippen molar-refractivity contribution in [3.05, 3.63) is 216 Å². The molecule has 0 amide bonds. The van der Waals surface area contributed by atoms with Gasteiger partial charge in [-0.15, -0.1) is 0 Å². The summed E-state index contributed by atoms with van der Waals surface area (Å²) >= 11 is 0. The van der Waals surface area contributed by atoms with Gasteiger partial charge in [0.1, 0.15) is 24.0 Å². The minimum absolute atomic E-state index is 0.0255. The lowest BCUT2D eigenvalue weighted by atomic mass is 9.80. The SMILES string of the molecule is Cc1cc(-n2c3ccc(-c4ccccc4)cc3c3ccc(Oc4cccc(N5CN(c6cc(C(C)(C)C)cc(C(C)(C)C)c6)c6cc(-c7ccc(C(C)(C)C)cc7)ccc65)c4)cc32)ncc1-c1cccc(C(C)(C)C)c1. The summed E-state index contributed by atoms with van der Waals surface area (Å²) in [4.78, 5) is 10.2. The fourth-order valence-electron chi connectivity index (χ4n) is 10.8. The van der Waals surface area contributed by atoms with Crippen LogP contribution in [0.3, 0.4) is 0 Å². The molecule has 0 N–H and O–H groups in total. The first-order chi connectivity index (χ1) is 36.1. The van der Waals surface area contributed by atoms with E-state index in [1.165, 1.54) is 67.0 Å². The highest BCUT2D eigenvalue weighted by Gasteiger charge is 2.31. The molecule has 11 rings (SSSR count). The number of aromatic nitrogens is 2. The predicted molar refractivity (Wildman–Crippen MR) is 323 cm³/mol. The van der Waals surface area contributed by atoms with Gasteiger partial charge >= 0.3 is 0 Å². The van der Waals surface area contributed by atoms with Crippen molar-refractivity contribution in [1.82, 2.24) is 9.55 Å². The lowest BCUT2D eigenvalue weighted by Gasteiger charge is -2.29. The summed E-state index contributed by atoms with van der Waals surface area (Å²) in [6, 6.07) is 66.9. The molecule has 0 saturated heterocycles. The summed E-state index contributed by atoms with van der Waals surface area (Å²) in [6.45, 7) is 30.3. The Morgan fingerprint density at radius 1 is 0.395 bits per heavy atom. The highest BCUT2D eigenvalue weighted by molar-refractivity contribution is 6.11. The first kappa shape index (κ1) is 50.3. The predicted octanol–water partition coefficient (Wildman–Crippen LogP) is 19.7. The molecular weight excluding hydrogens is 925 g/mol. The van der Waals surface area contributed by atoms with Crippen molar-refractivity contribution in [2.24, 2.45) is 0 Å². The van der Waals surface area contributed by atoms with Crippen LogP contribution in [0.1, 0.15) is 111 Å². The number of pyridine rings is 1. The second-order valence-electron chi connectivity index (χ2n) is 25.2. The number of rotatable bonds is 8. The Morgan fingerprint density at radius 2 is 1.00 bits per heavy atom. The first-order valence-electron chi connectivity index (χ1n) is 27.0. The third-order valence-electron chi connectivity index (χ3n) is 15.5. The van der Waals surface area contributed by atoms with Gasteiger partial charge in [0, 0.05) is 46.0 Å². The van der Waals surface area contributed by atoms with Crippen molar-refractivity contribution in [1.29, 1.82) is 0 Å². The van der Waals surface area contributed by atoms with E-state index in [0.717, 1.165) is 56.1 Å². The van der Waals surface area contributed by atoms with Crippen LogP contribution >= 0.6 is 0 Å². The van der Waals surface area contributed by atoms with Gasteiger partial charge in [-0.1, -0.05) is 186 Å². The molecule has 0 unspecified atom stereocenters. The normalized spacial score (nSPS) is 13.2. The van der Waals surface area contributed by atoms with E-state index in [9.17, 15) is 0 Å². The summed E-state index contributed by atoms with van der Waals surface area (Å²) in [6.07, 6.45) is 2.04. The molecule has 76 heavy (non-hydrogen) atoms. The molecule has 382 valence electrons. The molecule has 1 aliphatic heterocycles. The summed E-state index contributed by atoms with van der Waals surface area (Å²) in [7, 11) is 0. The van der Waals surface area contributed by atoms with Gasteiger partial charge in [-0.25, -0.2) is 4.98 Å². The fourth-order valence-corrected chi connectivity index (χ4v) is 10.8. The minimum atomic E-state index is -0.0255. The standard InChI is InChI=1S/C71H72N4O/c1-46-35-67(72-44-62(46)51-21-17-22-53(36-51)69(5,6)7)75-63-33-27-49(47-19-15-14-16-20-47)37-61(63)60-32-31-59(43-65(60)75)76-58-24-18-23-56(42-58)73-45-74(57-40-54(70(8,9)10)39-55(41-57)71(11,12)13)66-38-50(28-34-64(66)73)48-25-29-52(30-26-48)68(2,3)4/h14-44H,45H2,1-13H3. The van der Waals surface area contributed by atoms with Crippen LogP contribution in [0.25, 0.3) is 61.0 Å². The third-order valence-corrected chi connectivity index (χ3v) is 15.5. The van der Waals surface area contributed by atoms with Gasteiger partial charge in [0.25, 0.3) is 0 Å². The van der Waals surface area contributed by atoms with E-state index in [4.69, 9.17) is 9.72 Å². The van der Waals surface area contributed by atoms with Crippen molar-refractivity contribution in [2.75, 3.05) is 16.5 Å². The van der Waals surface area contributed by atoms with Gasteiger partial charge in [0.2, 0.25) is 0 Å². The molecule has 0 atom stereocenters. The maximum atomic E-state index is 6.95. The number of benzene rings is 8. The average molecular weight is 997 g/mol. The monoisotopic (exact) mass is 997 g/mol. The Hall–Kier alpha value is -7.89. The van der Waals surface area contributed by atoms with E-state index in [0.29, 0.717) is 6.67 Å². The number of nitrogens with zero attached hydrogens (tertiary/aromatic N) is 4. The quantitative estimate of drug-likeness (QED) is 0.152. The number of hydrogen-bond acceptors (Lipinski definition) is 4. The van der Waals surface area contributed by atoms with E-state index in [-0.39, 0.29) is 21.7 Å². The third kappa shape index (κ3) is 9.69. The molecule has 1 aliphatic rings. The van der Waals surface area contributed by atoms with Crippen molar-refractivity contribution in [3.63, 3.8) is 0 Å². The zero-order chi connectivity index (χ0) is 53.5. The molecule has 0 saturated carbocycles. The minimum Gasteiger partial charge on any atom is -0.457 e. The van der Waals surface area contributed by atoms with Crippen LogP contribution in [0, 0.1) is 6.92 Å². The van der Waals surface area contributed by atoms with Crippen molar-refractivity contribution in [2.45, 2.75) is 112 Å². The van der Waals surface area contributed by atoms with Gasteiger partial charge in [-0.3, -0.25) is 4.57 Å². The number of aryl methyl sites for hydroxylation is 1. The Kier molecular flexibility index (Phi) is 12.4. The Balaban J connectivity index is 0.986. The topological polar surface area (TPSA) is 33.5 Å². The summed E-state index contributed by atoms with van der Waals surface area (Å²) in [5.41, 5.74) is 20.3. The maximum absolute atomic E-state index is 6.95. The Labute approximate surface area is 451 Å². The maximum Gasteiger partial charge on any atom is 0.137 e. The fraction of sp³-hybridized carbons (Fsp3) is 0.254. The lowest BCUT2D eigenvalue weighted by molar-refractivity contribution is 0.483. The van der Waals surface area contributed by atoms with Gasteiger partial charge in [0.05, 0.1) is 22.4 Å². The number of fused-ring (bicyclic) bond motifs is 4. The summed E-state index contributed by atoms with van der Waals surface area (Å²) in [5.74, 6) is 2.38.